The Bertz CT molecular complexity index is 831. The SMILES string of the molecule is O=C(CN1CCC(NC(=O)c2ccc([N+](=O)[O-])cc2)CC1)Nc1ccccc1. The monoisotopic (exact) mass is 382 g/mol. The Kier molecular flexibility index (Phi) is 6.33. The minimum absolute atomic E-state index is 0.0242. The predicted octanol–water partition coefficient (Wildman–Crippen LogP) is 2.43. The number of nitrogens with one attached hydrogen (secondary N) is 2. The fourth-order valence-corrected chi connectivity index (χ4v) is 3.16. The summed E-state index contributed by atoms with van der Waals surface area (Å²) in [6.45, 7) is 1.75. The van der Waals surface area contributed by atoms with Gasteiger partial charge in [-0.25, -0.2) is 0 Å². The van der Waals surface area contributed by atoms with E-state index in [1.165, 1.54) is 24.3 Å². The molecular weight excluding hydrogens is 360 g/mol. The second-order valence-corrected chi connectivity index (χ2v) is 6.74. The first-order chi connectivity index (χ1) is 13.5. The fourth-order valence-electron chi connectivity index (χ4n) is 3.16. The normalized spacial score (nSPS) is 15.0. The number of nitro groups is 1. The third kappa shape index (κ3) is 5.37. The Morgan fingerprint density at radius 1 is 1.04 bits per heavy atom. The number of hydrogen-bond acceptors (Lipinski definition) is 5. The van der Waals surface area contributed by atoms with Crippen molar-refractivity contribution < 1.29 is 14.5 Å². The molecule has 0 aliphatic carbocycles. The lowest BCUT2D eigenvalue weighted by atomic mass is 10.0. The molecule has 0 unspecified atom stereocenters. The Morgan fingerprint density at radius 3 is 2.29 bits per heavy atom. The van der Waals surface area contributed by atoms with Crippen LogP contribution in [0.25, 0.3) is 0 Å². The smallest absolute Gasteiger partial charge is 0.269 e. The van der Waals surface area contributed by atoms with Gasteiger partial charge in [-0.05, 0) is 37.1 Å². The second-order valence-electron chi connectivity index (χ2n) is 6.74. The van der Waals surface area contributed by atoms with Crippen molar-refractivity contribution >= 4 is 23.2 Å². The van der Waals surface area contributed by atoms with Crippen molar-refractivity contribution in [1.82, 2.24) is 10.2 Å². The summed E-state index contributed by atoms with van der Waals surface area (Å²) < 4.78 is 0. The molecule has 2 aromatic carbocycles. The number of piperidine rings is 1. The van der Waals surface area contributed by atoms with Gasteiger partial charge in [-0.2, -0.15) is 0 Å². The third-order valence-electron chi connectivity index (χ3n) is 4.69. The lowest BCUT2D eigenvalue weighted by Gasteiger charge is -2.31. The lowest BCUT2D eigenvalue weighted by molar-refractivity contribution is -0.384. The van der Waals surface area contributed by atoms with Gasteiger partial charge in [0.2, 0.25) is 5.91 Å². The number of para-hydroxylation sites is 1. The van der Waals surface area contributed by atoms with Crippen LogP contribution < -0.4 is 10.6 Å². The zero-order valence-corrected chi connectivity index (χ0v) is 15.3. The standard InChI is InChI=1S/C20H22N4O4/c25-19(21-16-4-2-1-3-5-16)14-23-12-10-17(11-13-23)22-20(26)15-6-8-18(9-7-15)24(27)28/h1-9,17H,10-14H2,(H,21,25)(H,22,26). The number of nitro benzene ring substituents is 1. The number of hydrogen-bond donors (Lipinski definition) is 2. The number of nitrogens with zero attached hydrogens (tertiary/aromatic N) is 2. The van der Waals surface area contributed by atoms with Crippen LogP contribution in [-0.4, -0.2) is 47.3 Å². The molecule has 2 amide bonds. The quantitative estimate of drug-likeness (QED) is 0.590. The highest BCUT2D eigenvalue weighted by Gasteiger charge is 2.22. The largest absolute Gasteiger partial charge is 0.349 e. The highest BCUT2D eigenvalue weighted by Crippen LogP contribution is 2.14. The third-order valence-corrected chi connectivity index (χ3v) is 4.69. The van der Waals surface area contributed by atoms with Crippen molar-refractivity contribution in [2.24, 2.45) is 0 Å². The van der Waals surface area contributed by atoms with Gasteiger partial charge in [0, 0.05) is 42.5 Å². The molecule has 1 saturated heterocycles. The molecular formula is C20H22N4O4. The zero-order chi connectivity index (χ0) is 19.9. The number of likely N-dealkylation sites (tertiary alicyclic amines) is 1. The minimum Gasteiger partial charge on any atom is -0.349 e. The van der Waals surface area contributed by atoms with Crippen LogP contribution in [0.3, 0.4) is 0 Å². The number of amides is 2. The molecule has 0 aromatic heterocycles. The fraction of sp³-hybridized carbons (Fsp3) is 0.300. The van der Waals surface area contributed by atoms with E-state index >= 15 is 0 Å². The minimum atomic E-state index is -0.495. The van der Waals surface area contributed by atoms with Crippen LogP contribution in [0, 0.1) is 10.1 Å². The maximum absolute atomic E-state index is 12.3. The molecule has 0 spiro atoms. The van der Waals surface area contributed by atoms with E-state index in [4.69, 9.17) is 0 Å². The van der Waals surface area contributed by atoms with Gasteiger partial charge in [0.15, 0.2) is 0 Å². The summed E-state index contributed by atoms with van der Waals surface area (Å²) in [6, 6.07) is 14.9. The summed E-state index contributed by atoms with van der Waals surface area (Å²) in [7, 11) is 0. The van der Waals surface area contributed by atoms with Crippen LogP contribution in [0.15, 0.2) is 54.6 Å². The van der Waals surface area contributed by atoms with Gasteiger partial charge in [-0.15, -0.1) is 0 Å². The van der Waals surface area contributed by atoms with Gasteiger partial charge >= 0.3 is 0 Å². The molecule has 2 aromatic rings. The van der Waals surface area contributed by atoms with Gasteiger partial charge in [0.05, 0.1) is 11.5 Å². The van der Waals surface area contributed by atoms with E-state index in [0.717, 1.165) is 18.5 Å². The number of non-ortho nitro benzene ring substituents is 1. The zero-order valence-electron chi connectivity index (χ0n) is 15.3. The summed E-state index contributed by atoms with van der Waals surface area (Å²) >= 11 is 0. The molecule has 0 bridgehead atoms. The Hall–Kier alpha value is -3.26. The summed E-state index contributed by atoms with van der Waals surface area (Å²) in [5.74, 6) is -0.297. The molecule has 1 aliphatic heterocycles. The van der Waals surface area contributed by atoms with Crippen molar-refractivity contribution in [3.8, 4) is 0 Å². The second kappa shape index (κ2) is 9.09. The Balaban J connectivity index is 1.43. The van der Waals surface area contributed by atoms with E-state index in [1.807, 2.05) is 30.3 Å². The van der Waals surface area contributed by atoms with Crippen LogP contribution in [0.4, 0.5) is 11.4 Å². The lowest BCUT2D eigenvalue weighted by Crippen LogP contribution is -2.46. The number of anilines is 1. The number of benzene rings is 2. The van der Waals surface area contributed by atoms with Gasteiger partial charge in [0.1, 0.15) is 0 Å². The van der Waals surface area contributed by atoms with Crippen molar-refractivity contribution in [1.29, 1.82) is 0 Å². The van der Waals surface area contributed by atoms with Crippen LogP contribution in [0.2, 0.25) is 0 Å². The van der Waals surface area contributed by atoms with E-state index in [1.54, 1.807) is 0 Å². The van der Waals surface area contributed by atoms with Crippen LogP contribution in [0.1, 0.15) is 23.2 Å². The van der Waals surface area contributed by atoms with Crippen molar-refractivity contribution in [3.63, 3.8) is 0 Å². The van der Waals surface area contributed by atoms with E-state index in [-0.39, 0.29) is 23.5 Å². The first-order valence-electron chi connectivity index (χ1n) is 9.14. The molecule has 1 heterocycles. The number of carbonyl (C=O) groups excluding carboxylic acids is 2. The summed E-state index contributed by atoms with van der Waals surface area (Å²) in [4.78, 5) is 36.7. The van der Waals surface area contributed by atoms with Crippen LogP contribution >= 0.6 is 0 Å². The van der Waals surface area contributed by atoms with Crippen LogP contribution in [0.5, 0.6) is 0 Å². The predicted molar refractivity (Wildman–Crippen MR) is 105 cm³/mol. The summed E-state index contributed by atoms with van der Waals surface area (Å²) in [5.41, 5.74) is 1.13. The highest BCUT2D eigenvalue weighted by molar-refractivity contribution is 5.94. The van der Waals surface area contributed by atoms with Gasteiger partial charge in [-0.1, -0.05) is 18.2 Å². The maximum Gasteiger partial charge on any atom is 0.269 e. The molecule has 1 aliphatic rings. The van der Waals surface area contributed by atoms with Gasteiger partial charge in [0.25, 0.3) is 11.6 Å². The number of carbonyl (C=O) groups is 2. The molecule has 8 nitrogen and oxygen atoms in total. The van der Waals surface area contributed by atoms with Crippen LogP contribution in [-0.2, 0) is 4.79 Å². The van der Waals surface area contributed by atoms with E-state index in [9.17, 15) is 19.7 Å². The molecule has 28 heavy (non-hydrogen) atoms. The summed E-state index contributed by atoms with van der Waals surface area (Å²) in [6.07, 6.45) is 1.49. The van der Waals surface area contributed by atoms with Gasteiger partial charge < -0.3 is 10.6 Å². The van der Waals surface area contributed by atoms with E-state index in [0.29, 0.717) is 25.2 Å². The molecule has 8 heteroatoms. The molecule has 1 fully saturated rings. The van der Waals surface area contributed by atoms with Crippen molar-refractivity contribution in [3.05, 3.63) is 70.3 Å². The molecule has 0 saturated carbocycles. The van der Waals surface area contributed by atoms with Crippen molar-refractivity contribution in [2.75, 3.05) is 25.0 Å². The number of rotatable bonds is 6. The topological polar surface area (TPSA) is 105 Å². The molecule has 0 atom stereocenters. The first-order valence-corrected chi connectivity index (χ1v) is 9.14. The maximum atomic E-state index is 12.3. The highest BCUT2D eigenvalue weighted by atomic mass is 16.6. The average Bonchev–Trinajstić information content (AvgIpc) is 2.70. The first kappa shape index (κ1) is 19.5. The Labute approximate surface area is 162 Å². The molecule has 0 radical (unpaired) electrons. The van der Waals surface area contributed by atoms with Crippen molar-refractivity contribution in [2.45, 2.75) is 18.9 Å². The summed E-state index contributed by atoms with van der Waals surface area (Å²) in [5, 5.41) is 16.5. The van der Waals surface area contributed by atoms with Gasteiger partial charge in [-0.3, -0.25) is 24.6 Å². The average molecular weight is 382 g/mol. The Morgan fingerprint density at radius 2 is 1.68 bits per heavy atom. The van der Waals surface area contributed by atoms with E-state index in [2.05, 4.69) is 15.5 Å². The van der Waals surface area contributed by atoms with E-state index < -0.39 is 4.92 Å². The molecule has 146 valence electrons. The molecule has 2 N–H and O–H groups in total. The molecule has 3 rings (SSSR count).